The smallest absolute Gasteiger partial charge is 0.348 e. The monoisotopic (exact) mass is 401 g/mol. The molecule has 2 heterocycles. The summed E-state index contributed by atoms with van der Waals surface area (Å²) in [4.78, 5) is 50.5. The maximum absolute atomic E-state index is 12.9. The second kappa shape index (κ2) is 7.81. The van der Waals surface area contributed by atoms with Gasteiger partial charge in [-0.05, 0) is 31.0 Å². The Labute approximate surface area is 165 Å². The van der Waals surface area contributed by atoms with Crippen molar-refractivity contribution >= 4 is 35.2 Å². The van der Waals surface area contributed by atoms with Crippen LogP contribution in [0.1, 0.15) is 33.5 Å². The van der Waals surface area contributed by atoms with Crippen LogP contribution in [-0.2, 0) is 19.9 Å². The maximum atomic E-state index is 12.9. The van der Waals surface area contributed by atoms with Gasteiger partial charge in [0.1, 0.15) is 10.4 Å². The van der Waals surface area contributed by atoms with E-state index in [1.165, 1.54) is 11.3 Å². The molecule has 0 bridgehead atoms. The number of esters is 1. The SMILES string of the molecule is CC[C@@]1(c2ccccc2)NC(=O)N(NC(=O)COC(=O)c2ccc(C)s2)C1=O. The van der Waals surface area contributed by atoms with Crippen LogP contribution in [0.15, 0.2) is 42.5 Å². The molecule has 1 aliphatic rings. The van der Waals surface area contributed by atoms with Crippen molar-refractivity contribution < 1.29 is 23.9 Å². The number of imide groups is 1. The number of urea groups is 1. The maximum Gasteiger partial charge on any atom is 0.348 e. The van der Waals surface area contributed by atoms with E-state index in [1.807, 2.05) is 6.92 Å². The summed E-state index contributed by atoms with van der Waals surface area (Å²) in [7, 11) is 0. The van der Waals surface area contributed by atoms with Crippen molar-refractivity contribution in [2.24, 2.45) is 0 Å². The molecule has 28 heavy (non-hydrogen) atoms. The molecular weight excluding hydrogens is 382 g/mol. The molecule has 0 spiro atoms. The molecule has 2 N–H and O–H groups in total. The van der Waals surface area contributed by atoms with Gasteiger partial charge in [0.2, 0.25) is 0 Å². The number of nitrogens with zero attached hydrogens (tertiary/aromatic N) is 1. The second-order valence-corrected chi connectivity index (χ2v) is 7.50. The minimum Gasteiger partial charge on any atom is -0.451 e. The Morgan fingerprint density at radius 1 is 1.18 bits per heavy atom. The summed E-state index contributed by atoms with van der Waals surface area (Å²) in [5.41, 5.74) is 1.57. The van der Waals surface area contributed by atoms with E-state index >= 15 is 0 Å². The number of hydrogen-bond donors (Lipinski definition) is 2. The predicted molar refractivity (Wildman–Crippen MR) is 101 cm³/mol. The normalized spacial score (nSPS) is 18.7. The fraction of sp³-hybridized carbons (Fsp3) is 0.263. The molecule has 1 fully saturated rings. The number of rotatable bonds is 6. The quantitative estimate of drug-likeness (QED) is 0.570. The number of hydrazine groups is 1. The molecule has 0 unspecified atom stereocenters. The lowest BCUT2D eigenvalue weighted by molar-refractivity contribution is -0.140. The van der Waals surface area contributed by atoms with Crippen LogP contribution in [0.4, 0.5) is 4.79 Å². The molecule has 2 aromatic rings. The van der Waals surface area contributed by atoms with Gasteiger partial charge in [0.25, 0.3) is 11.8 Å². The first-order valence-corrected chi connectivity index (χ1v) is 9.44. The number of ether oxygens (including phenoxy) is 1. The molecule has 1 atom stereocenters. The van der Waals surface area contributed by atoms with E-state index in [1.54, 1.807) is 49.4 Å². The number of amides is 4. The lowest BCUT2D eigenvalue weighted by Gasteiger charge is -2.25. The summed E-state index contributed by atoms with van der Waals surface area (Å²) in [6.45, 7) is 3.00. The first-order chi connectivity index (χ1) is 13.4. The van der Waals surface area contributed by atoms with E-state index in [-0.39, 0.29) is 0 Å². The zero-order valence-electron chi connectivity index (χ0n) is 15.4. The van der Waals surface area contributed by atoms with Crippen LogP contribution in [0.2, 0.25) is 0 Å². The third-order valence-corrected chi connectivity index (χ3v) is 5.38. The van der Waals surface area contributed by atoms with Gasteiger partial charge in [-0.25, -0.2) is 9.59 Å². The summed E-state index contributed by atoms with van der Waals surface area (Å²) in [5.74, 6) is -2.03. The molecule has 1 aromatic carbocycles. The molecule has 0 saturated carbocycles. The van der Waals surface area contributed by atoms with Gasteiger partial charge in [-0.1, -0.05) is 37.3 Å². The Bertz CT molecular complexity index is 927. The van der Waals surface area contributed by atoms with E-state index in [9.17, 15) is 19.2 Å². The molecule has 9 heteroatoms. The van der Waals surface area contributed by atoms with Gasteiger partial charge in [-0.3, -0.25) is 15.0 Å². The molecule has 146 valence electrons. The van der Waals surface area contributed by atoms with Crippen LogP contribution in [-0.4, -0.2) is 35.4 Å². The van der Waals surface area contributed by atoms with Crippen LogP contribution in [0.25, 0.3) is 0 Å². The van der Waals surface area contributed by atoms with E-state index in [0.29, 0.717) is 21.9 Å². The van der Waals surface area contributed by atoms with Crippen molar-refractivity contribution in [3.8, 4) is 0 Å². The number of carbonyl (C=O) groups excluding carboxylic acids is 4. The van der Waals surface area contributed by atoms with Gasteiger partial charge < -0.3 is 10.1 Å². The summed E-state index contributed by atoms with van der Waals surface area (Å²) in [6.07, 6.45) is 0.306. The number of aryl methyl sites for hydroxylation is 1. The number of nitrogens with one attached hydrogen (secondary N) is 2. The molecule has 4 amide bonds. The molecule has 8 nitrogen and oxygen atoms in total. The highest BCUT2D eigenvalue weighted by atomic mass is 32.1. The molecule has 3 rings (SSSR count). The molecule has 0 aliphatic carbocycles. The summed E-state index contributed by atoms with van der Waals surface area (Å²) >= 11 is 1.25. The molecule has 1 saturated heterocycles. The Hall–Kier alpha value is -3.20. The Kier molecular flexibility index (Phi) is 5.46. The Morgan fingerprint density at radius 2 is 1.89 bits per heavy atom. The van der Waals surface area contributed by atoms with Crippen LogP contribution in [0.3, 0.4) is 0 Å². The first-order valence-electron chi connectivity index (χ1n) is 8.62. The van der Waals surface area contributed by atoms with Gasteiger partial charge in [-0.2, -0.15) is 5.01 Å². The fourth-order valence-corrected chi connectivity index (χ4v) is 3.70. The standard InChI is InChI=1S/C19H19N3O5S/c1-3-19(13-7-5-4-6-8-13)17(25)22(18(26)20-19)21-15(23)11-27-16(24)14-10-9-12(2)28-14/h4-10H,3,11H2,1-2H3,(H,20,26)(H,21,23)/t19-/m0/s1. The number of benzene rings is 1. The van der Waals surface area contributed by atoms with Crippen molar-refractivity contribution in [3.63, 3.8) is 0 Å². The van der Waals surface area contributed by atoms with Crippen molar-refractivity contribution in [1.29, 1.82) is 0 Å². The average molecular weight is 401 g/mol. The van der Waals surface area contributed by atoms with Gasteiger partial charge in [-0.15, -0.1) is 11.3 Å². The van der Waals surface area contributed by atoms with Crippen LogP contribution < -0.4 is 10.7 Å². The highest BCUT2D eigenvalue weighted by Gasteiger charge is 2.52. The Morgan fingerprint density at radius 3 is 2.50 bits per heavy atom. The zero-order valence-corrected chi connectivity index (χ0v) is 16.2. The number of hydrogen-bond acceptors (Lipinski definition) is 6. The van der Waals surface area contributed by atoms with Gasteiger partial charge >= 0.3 is 12.0 Å². The minimum atomic E-state index is -1.25. The average Bonchev–Trinajstić information content (AvgIpc) is 3.24. The van der Waals surface area contributed by atoms with Crippen LogP contribution in [0.5, 0.6) is 0 Å². The third kappa shape index (κ3) is 3.61. The molecule has 0 radical (unpaired) electrons. The van der Waals surface area contributed by atoms with Crippen LogP contribution >= 0.6 is 11.3 Å². The van der Waals surface area contributed by atoms with Gasteiger partial charge in [0.05, 0.1) is 0 Å². The lowest BCUT2D eigenvalue weighted by Crippen LogP contribution is -2.49. The number of carbonyl (C=O) groups is 4. The predicted octanol–water partition coefficient (Wildman–Crippen LogP) is 2.10. The largest absolute Gasteiger partial charge is 0.451 e. The number of thiophene rings is 1. The molecule has 1 aromatic heterocycles. The topological polar surface area (TPSA) is 105 Å². The summed E-state index contributed by atoms with van der Waals surface area (Å²) in [6, 6.07) is 11.4. The highest BCUT2D eigenvalue weighted by molar-refractivity contribution is 7.13. The van der Waals surface area contributed by atoms with Gasteiger partial charge in [0.15, 0.2) is 6.61 Å². The van der Waals surface area contributed by atoms with Crippen molar-refractivity contribution in [2.45, 2.75) is 25.8 Å². The Balaban J connectivity index is 1.65. The molecule has 1 aliphatic heterocycles. The highest BCUT2D eigenvalue weighted by Crippen LogP contribution is 2.31. The van der Waals surface area contributed by atoms with Gasteiger partial charge in [0, 0.05) is 4.88 Å². The summed E-state index contributed by atoms with van der Waals surface area (Å²) < 4.78 is 4.94. The minimum absolute atomic E-state index is 0.306. The molecular formula is C19H19N3O5S. The fourth-order valence-electron chi connectivity index (χ4n) is 2.94. The zero-order chi connectivity index (χ0) is 20.3. The van der Waals surface area contributed by atoms with Crippen LogP contribution in [0, 0.1) is 6.92 Å². The lowest BCUT2D eigenvalue weighted by atomic mass is 9.87. The third-order valence-electron chi connectivity index (χ3n) is 4.40. The summed E-state index contributed by atoms with van der Waals surface area (Å²) in [5, 5.41) is 3.28. The second-order valence-electron chi connectivity index (χ2n) is 6.22. The van der Waals surface area contributed by atoms with E-state index in [4.69, 9.17) is 4.74 Å². The van der Waals surface area contributed by atoms with E-state index in [0.717, 1.165) is 4.88 Å². The van der Waals surface area contributed by atoms with E-state index < -0.39 is 36.0 Å². The van der Waals surface area contributed by atoms with E-state index in [2.05, 4.69) is 10.7 Å². The first kappa shape index (κ1) is 19.6. The van der Waals surface area contributed by atoms with Crippen molar-refractivity contribution in [1.82, 2.24) is 15.8 Å². The van der Waals surface area contributed by atoms with Crippen molar-refractivity contribution in [2.75, 3.05) is 6.61 Å². The van der Waals surface area contributed by atoms with Crippen molar-refractivity contribution in [3.05, 3.63) is 57.8 Å².